The van der Waals surface area contributed by atoms with Crippen LogP contribution in [0.25, 0.3) is 20.9 Å². The number of aromatic amines is 1. The minimum absolute atomic E-state index is 0.170. The molecule has 0 saturated heterocycles. The largest absolute Gasteiger partial charge is 0.506 e. The molecule has 74 valence electrons. The van der Waals surface area contributed by atoms with E-state index in [0.717, 1.165) is 10.1 Å². The Labute approximate surface area is 88.6 Å². The lowest BCUT2D eigenvalue weighted by Gasteiger charge is -2.01. The average Bonchev–Trinajstić information content (AvgIpc) is 2.68. The standard InChI is InChI=1S/C11H7NO2S/c13-9-7-1-3-12-11(14)8(7)5-6-2-4-15-10(6)9/h1-5,13H,(H,12,14). The van der Waals surface area contributed by atoms with E-state index in [1.54, 1.807) is 18.3 Å². The van der Waals surface area contributed by atoms with Crippen LogP contribution in [0.4, 0.5) is 0 Å². The van der Waals surface area contributed by atoms with Gasteiger partial charge in [0.15, 0.2) is 0 Å². The monoisotopic (exact) mass is 217 g/mol. The van der Waals surface area contributed by atoms with Gasteiger partial charge in [0.1, 0.15) is 5.75 Å². The average molecular weight is 217 g/mol. The van der Waals surface area contributed by atoms with Crippen LogP contribution in [0.1, 0.15) is 0 Å². The van der Waals surface area contributed by atoms with E-state index in [1.807, 2.05) is 11.4 Å². The molecule has 0 spiro atoms. The van der Waals surface area contributed by atoms with Crippen LogP contribution in [-0.2, 0) is 0 Å². The van der Waals surface area contributed by atoms with Crippen molar-refractivity contribution in [1.82, 2.24) is 4.98 Å². The van der Waals surface area contributed by atoms with Gasteiger partial charge in [-0.15, -0.1) is 11.3 Å². The number of benzene rings is 1. The number of thiophene rings is 1. The van der Waals surface area contributed by atoms with Crippen LogP contribution in [0, 0.1) is 0 Å². The number of hydrogen-bond donors (Lipinski definition) is 2. The quantitative estimate of drug-likeness (QED) is 0.607. The highest BCUT2D eigenvalue weighted by molar-refractivity contribution is 7.17. The number of pyridine rings is 1. The summed E-state index contributed by atoms with van der Waals surface area (Å²) < 4.78 is 0.827. The van der Waals surface area contributed by atoms with E-state index in [-0.39, 0.29) is 11.3 Å². The van der Waals surface area contributed by atoms with Crippen molar-refractivity contribution in [2.75, 3.05) is 0 Å². The molecule has 0 radical (unpaired) electrons. The number of fused-ring (bicyclic) bond motifs is 2. The number of nitrogens with one attached hydrogen (secondary N) is 1. The van der Waals surface area contributed by atoms with Crippen LogP contribution in [0.15, 0.2) is 34.6 Å². The Morgan fingerprint density at radius 2 is 2.13 bits per heavy atom. The molecule has 15 heavy (non-hydrogen) atoms. The summed E-state index contributed by atoms with van der Waals surface area (Å²) in [5.41, 5.74) is -0.170. The topological polar surface area (TPSA) is 53.1 Å². The molecule has 1 aromatic carbocycles. The molecule has 2 heterocycles. The smallest absolute Gasteiger partial charge is 0.255 e. The highest BCUT2D eigenvalue weighted by atomic mass is 32.1. The summed E-state index contributed by atoms with van der Waals surface area (Å²) in [4.78, 5) is 14.1. The Kier molecular flexibility index (Phi) is 1.61. The van der Waals surface area contributed by atoms with Crippen molar-refractivity contribution >= 4 is 32.2 Å². The van der Waals surface area contributed by atoms with Crippen molar-refractivity contribution in [1.29, 1.82) is 0 Å². The Morgan fingerprint density at radius 1 is 1.27 bits per heavy atom. The van der Waals surface area contributed by atoms with Crippen LogP contribution < -0.4 is 5.56 Å². The van der Waals surface area contributed by atoms with Crippen molar-refractivity contribution < 1.29 is 5.11 Å². The van der Waals surface area contributed by atoms with Gasteiger partial charge in [0.2, 0.25) is 0 Å². The molecule has 3 rings (SSSR count). The SMILES string of the molecule is O=c1[nH]ccc2c(O)c3sccc3cc12. The molecule has 0 saturated carbocycles. The number of aromatic hydroxyl groups is 1. The van der Waals surface area contributed by atoms with Crippen molar-refractivity contribution in [3.05, 3.63) is 40.1 Å². The van der Waals surface area contributed by atoms with Crippen molar-refractivity contribution in [2.24, 2.45) is 0 Å². The number of H-pyrrole nitrogens is 1. The second kappa shape index (κ2) is 2.84. The number of phenols is 1. The minimum atomic E-state index is -0.170. The summed E-state index contributed by atoms with van der Waals surface area (Å²) in [6.07, 6.45) is 1.55. The van der Waals surface area contributed by atoms with E-state index in [2.05, 4.69) is 4.98 Å². The zero-order valence-electron chi connectivity index (χ0n) is 7.65. The van der Waals surface area contributed by atoms with E-state index in [9.17, 15) is 9.90 Å². The van der Waals surface area contributed by atoms with Crippen LogP contribution >= 0.6 is 11.3 Å². The van der Waals surface area contributed by atoms with E-state index < -0.39 is 0 Å². The fourth-order valence-electron chi connectivity index (χ4n) is 1.74. The van der Waals surface area contributed by atoms with Gasteiger partial charge in [-0.25, -0.2) is 0 Å². The lowest BCUT2D eigenvalue weighted by Crippen LogP contribution is -2.03. The molecule has 4 heteroatoms. The third kappa shape index (κ3) is 1.08. The summed E-state index contributed by atoms with van der Waals surface area (Å²) in [5, 5.41) is 13.9. The molecule has 0 aliphatic rings. The zero-order valence-corrected chi connectivity index (χ0v) is 8.47. The summed E-state index contributed by atoms with van der Waals surface area (Å²) in [6, 6.07) is 5.41. The molecule has 0 aliphatic carbocycles. The lowest BCUT2D eigenvalue weighted by atomic mass is 10.1. The van der Waals surface area contributed by atoms with Gasteiger partial charge in [-0.2, -0.15) is 0 Å². The molecule has 0 bridgehead atoms. The molecule has 0 unspecified atom stereocenters. The first kappa shape index (κ1) is 8.49. The summed E-state index contributed by atoms with van der Waals surface area (Å²) in [7, 11) is 0. The highest BCUT2D eigenvalue weighted by Crippen LogP contribution is 2.35. The Bertz CT molecular complexity index is 711. The predicted octanol–water partition coefficient (Wildman–Crippen LogP) is 2.45. The second-order valence-corrected chi connectivity index (χ2v) is 4.25. The first-order valence-corrected chi connectivity index (χ1v) is 5.36. The molecular formula is C11H7NO2S. The summed E-state index contributed by atoms with van der Waals surface area (Å²) in [6.45, 7) is 0. The Hall–Kier alpha value is -1.81. The molecule has 3 aromatic rings. The van der Waals surface area contributed by atoms with Crippen LogP contribution in [-0.4, -0.2) is 10.1 Å². The van der Waals surface area contributed by atoms with Gasteiger partial charge in [0.25, 0.3) is 5.56 Å². The Balaban J connectivity index is 2.70. The second-order valence-electron chi connectivity index (χ2n) is 3.33. The molecule has 0 fully saturated rings. The first-order valence-electron chi connectivity index (χ1n) is 4.48. The molecule has 2 aromatic heterocycles. The fourth-order valence-corrected chi connectivity index (χ4v) is 2.58. The maximum Gasteiger partial charge on any atom is 0.255 e. The molecule has 0 aliphatic heterocycles. The van der Waals surface area contributed by atoms with Gasteiger partial charge in [-0.3, -0.25) is 4.79 Å². The van der Waals surface area contributed by atoms with E-state index >= 15 is 0 Å². The van der Waals surface area contributed by atoms with E-state index in [0.29, 0.717) is 10.8 Å². The Morgan fingerprint density at radius 3 is 3.00 bits per heavy atom. The summed E-state index contributed by atoms with van der Waals surface area (Å²) in [5.74, 6) is 0.198. The third-order valence-electron chi connectivity index (χ3n) is 2.46. The van der Waals surface area contributed by atoms with Gasteiger partial charge < -0.3 is 10.1 Å². The molecular weight excluding hydrogens is 210 g/mol. The summed E-state index contributed by atoms with van der Waals surface area (Å²) >= 11 is 1.47. The van der Waals surface area contributed by atoms with Crippen LogP contribution in [0.2, 0.25) is 0 Å². The van der Waals surface area contributed by atoms with Crippen LogP contribution in [0.3, 0.4) is 0 Å². The van der Waals surface area contributed by atoms with Crippen LogP contribution in [0.5, 0.6) is 5.75 Å². The van der Waals surface area contributed by atoms with Crippen molar-refractivity contribution in [3.63, 3.8) is 0 Å². The third-order valence-corrected chi connectivity index (χ3v) is 3.40. The maximum atomic E-state index is 11.5. The first-order chi connectivity index (χ1) is 7.27. The molecule has 0 amide bonds. The van der Waals surface area contributed by atoms with E-state index in [1.165, 1.54) is 11.3 Å². The van der Waals surface area contributed by atoms with Crippen molar-refractivity contribution in [3.8, 4) is 5.75 Å². The predicted molar refractivity (Wildman–Crippen MR) is 61.6 cm³/mol. The number of aromatic nitrogens is 1. The van der Waals surface area contributed by atoms with Gasteiger partial charge >= 0.3 is 0 Å². The maximum absolute atomic E-state index is 11.5. The minimum Gasteiger partial charge on any atom is -0.506 e. The van der Waals surface area contributed by atoms with Gasteiger partial charge in [-0.1, -0.05) is 0 Å². The van der Waals surface area contributed by atoms with Gasteiger partial charge in [-0.05, 0) is 29.0 Å². The fraction of sp³-hybridized carbons (Fsp3) is 0. The number of phenolic OH excluding ortho intramolecular Hbond substituents is 1. The molecule has 2 N–H and O–H groups in total. The molecule has 3 nitrogen and oxygen atoms in total. The van der Waals surface area contributed by atoms with E-state index in [4.69, 9.17) is 0 Å². The van der Waals surface area contributed by atoms with Gasteiger partial charge in [0, 0.05) is 11.6 Å². The highest BCUT2D eigenvalue weighted by Gasteiger charge is 2.08. The normalized spacial score (nSPS) is 11.2. The number of hydrogen-bond acceptors (Lipinski definition) is 3. The lowest BCUT2D eigenvalue weighted by molar-refractivity contribution is 0.488. The zero-order chi connectivity index (χ0) is 10.4. The van der Waals surface area contributed by atoms with Gasteiger partial charge in [0.05, 0.1) is 10.1 Å². The number of rotatable bonds is 0. The van der Waals surface area contributed by atoms with Crippen molar-refractivity contribution in [2.45, 2.75) is 0 Å². The molecule has 0 atom stereocenters.